The molecule has 10 heteroatoms. The molecule has 32 heavy (non-hydrogen) atoms. The number of aromatic nitrogens is 5. The van der Waals surface area contributed by atoms with Crippen LogP contribution in [0.1, 0.15) is 17.3 Å². The van der Waals surface area contributed by atoms with Crippen molar-refractivity contribution in [3.05, 3.63) is 93.5 Å². The van der Waals surface area contributed by atoms with Crippen LogP contribution in [0.15, 0.2) is 65.8 Å². The van der Waals surface area contributed by atoms with E-state index in [1.54, 1.807) is 36.7 Å². The third kappa shape index (κ3) is 4.48. The van der Waals surface area contributed by atoms with Crippen LogP contribution in [0.4, 0.5) is 16.0 Å². The zero-order valence-electron chi connectivity index (χ0n) is 16.9. The number of nitrogens with one attached hydrogen (secondary N) is 1. The Bertz CT molecular complexity index is 1330. The summed E-state index contributed by atoms with van der Waals surface area (Å²) in [5.41, 5.74) is 2.56. The molecule has 4 aromatic rings. The minimum absolute atomic E-state index is 0.0287. The molecule has 0 amide bonds. The van der Waals surface area contributed by atoms with Crippen LogP contribution in [0.3, 0.4) is 0 Å². The van der Waals surface area contributed by atoms with Gasteiger partial charge in [0.25, 0.3) is 5.56 Å². The summed E-state index contributed by atoms with van der Waals surface area (Å²) in [5.74, 6) is -0.277. The van der Waals surface area contributed by atoms with E-state index in [0.29, 0.717) is 34.2 Å². The number of aryl methyl sites for hydroxylation is 1. The van der Waals surface area contributed by atoms with E-state index < -0.39 is 11.9 Å². The number of benzene rings is 1. The standard InChI is InChI=1S/C22H18ClFN6O2/c1-13-18(5-8-26-29-13)27-22-25-7-4-19(28-22)14-6-9-30(21(32)11-14)20(12-31)15-2-3-16(23)17(24)10-15/h2-11,20,31H,12H2,1H3,(H,25,26,27,28)/t20-/m1/s1. The number of aliphatic hydroxyl groups is 1. The Hall–Kier alpha value is -3.69. The number of anilines is 2. The largest absolute Gasteiger partial charge is 0.394 e. The van der Waals surface area contributed by atoms with Crippen molar-refractivity contribution >= 4 is 23.2 Å². The molecule has 8 nitrogen and oxygen atoms in total. The highest BCUT2D eigenvalue weighted by molar-refractivity contribution is 6.30. The van der Waals surface area contributed by atoms with Gasteiger partial charge in [-0.15, -0.1) is 0 Å². The molecular formula is C22H18ClFN6O2. The van der Waals surface area contributed by atoms with E-state index in [0.717, 1.165) is 0 Å². The van der Waals surface area contributed by atoms with Crippen LogP contribution in [0.25, 0.3) is 11.3 Å². The lowest BCUT2D eigenvalue weighted by Gasteiger charge is -2.18. The number of hydrogen-bond acceptors (Lipinski definition) is 7. The molecule has 0 saturated carbocycles. The lowest BCUT2D eigenvalue weighted by atomic mass is 10.1. The van der Waals surface area contributed by atoms with E-state index in [1.165, 1.54) is 29.0 Å². The summed E-state index contributed by atoms with van der Waals surface area (Å²) in [5, 5.41) is 20.7. The van der Waals surface area contributed by atoms with Gasteiger partial charge in [-0.25, -0.2) is 14.4 Å². The smallest absolute Gasteiger partial charge is 0.251 e. The molecule has 0 aliphatic heterocycles. The lowest BCUT2D eigenvalue weighted by Crippen LogP contribution is -2.27. The first-order valence-corrected chi connectivity index (χ1v) is 10.0. The highest BCUT2D eigenvalue weighted by Crippen LogP contribution is 2.24. The van der Waals surface area contributed by atoms with Gasteiger partial charge in [-0.3, -0.25) is 4.79 Å². The number of halogens is 2. The van der Waals surface area contributed by atoms with Crippen molar-refractivity contribution in [2.45, 2.75) is 13.0 Å². The normalized spacial score (nSPS) is 11.9. The Morgan fingerprint density at radius 3 is 2.75 bits per heavy atom. The average molecular weight is 453 g/mol. The minimum Gasteiger partial charge on any atom is -0.394 e. The molecule has 1 aromatic carbocycles. The van der Waals surface area contributed by atoms with Gasteiger partial charge in [0.05, 0.1) is 40.9 Å². The molecule has 0 saturated heterocycles. The van der Waals surface area contributed by atoms with Gasteiger partial charge < -0.3 is 15.0 Å². The van der Waals surface area contributed by atoms with Gasteiger partial charge in [-0.2, -0.15) is 10.2 Å². The van der Waals surface area contributed by atoms with Crippen molar-refractivity contribution in [3.8, 4) is 11.3 Å². The van der Waals surface area contributed by atoms with Gasteiger partial charge in [0.15, 0.2) is 0 Å². The van der Waals surface area contributed by atoms with E-state index >= 15 is 0 Å². The third-order valence-electron chi connectivity index (χ3n) is 4.89. The Morgan fingerprint density at radius 1 is 1.19 bits per heavy atom. The number of pyridine rings is 1. The van der Waals surface area contributed by atoms with Gasteiger partial charge in [-0.1, -0.05) is 17.7 Å². The number of aliphatic hydroxyl groups excluding tert-OH is 1. The number of nitrogens with zero attached hydrogens (tertiary/aromatic N) is 5. The molecule has 0 unspecified atom stereocenters. The average Bonchev–Trinajstić information content (AvgIpc) is 2.79. The third-order valence-corrected chi connectivity index (χ3v) is 5.20. The minimum atomic E-state index is -0.756. The molecule has 3 heterocycles. The second-order valence-corrected chi connectivity index (χ2v) is 7.36. The summed E-state index contributed by atoms with van der Waals surface area (Å²) >= 11 is 5.74. The monoisotopic (exact) mass is 452 g/mol. The summed E-state index contributed by atoms with van der Waals surface area (Å²) in [6.07, 6.45) is 4.67. The van der Waals surface area contributed by atoms with Gasteiger partial charge in [0.1, 0.15) is 5.82 Å². The molecular weight excluding hydrogens is 435 g/mol. The van der Waals surface area contributed by atoms with Crippen LogP contribution in [0, 0.1) is 12.7 Å². The fourth-order valence-corrected chi connectivity index (χ4v) is 3.33. The van der Waals surface area contributed by atoms with E-state index in [1.807, 2.05) is 6.92 Å². The Kier molecular flexibility index (Phi) is 6.20. The van der Waals surface area contributed by atoms with Crippen molar-refractivity contribution in [2.75, 3.05) is 11.9 Å². The first-order chi connectivity index (χ1) is 15.5. The molecule has 0 aliphatic rings. The first-order valence-electron chi connectivity index (χ1n) is 9.63. The Labute approximate surface area is 187 Å². The van der Waals surface area contributed by atoms with E-state index in [9.17, 15) is 14.3 Å². The number of hydrogen-bond donors (Lipinski definition) is 2. The van der Waals surface area contributed by atoms with Crippen LogP contribution < -0.4 is 10.9 Å². The van der Waals surface area contributed by atoms with Crippen LogP contribution >= 0.6 is 11.6 Å². The maximum atomic E-state index is 13.9. The summed E-state index contributed by atoms with van der Waals surface area (Å²) < 4.78 is 15.2. The van der Waals surface area contributed by atoms with Gasteiger partial charge in [-0.05, 0) is 42.8 Å². The predicted octanol–water partition coefficient (Wildman–Crippen LogP) is 3.52. The second-order valence-electron chi connectivity index (χ2n) is 6.95. The SMILES string of the molecule is Cc1nnccc1Nc1nccc(-c2ccn([C@H](CO)c3ccc(Cl)c(F)c3)c(=O)c2)n1. The first kappa shape index (κ1) is 21.5. The van der Waals surface area contributed by atoms with Crippen molar-refractivity contribution < 1.29 is 9.50 Å². The maximum Gasteiger partial charge on any atom is 0.251 e. The van der Waals surface area contributed by atoms with Crippen molar-refractivity contribution in [1.82, 2.24) is 24.7 Å². The predicted molar refractivity (Wildman–Crippen MR) is 118 cm³/mol. The lowest BCUT2D eigenvalue weighted by molar-refractivity contribution is 0.247. The molecule has 0 bridgehead atoms. The maximum absolute atomic E-state index is 13.9. The van der Waals surface area contributed by atoms with E-state index in [2.05, 4.69) is 25.5 Å². The van der Waals surface area contributed by atoms with Crippen molar-refractivity contribution in [1.29, 1.82) is 0 Å². The molecule has 0 radical (unpaired) electrons. The van der Waals surface area contributed by atoms with Crippen LogP contribution in [0.5, 0.6) is 0 Å². The highest BCUT2D eigenvalue weighted by atomic mass is 35.5. The quantitative estimate of drug-likeness (QED) is 0.461. The molecule has 0 aliphatic carbocycles. The Morgan fingerprint density at radius 2 is 2.03 bits per heavy atom. The molecule has 3 aromatic heterocycles. The second kappa shape index (κ2) is 9.21. The van der Waals surface area contributed by atoms with Crippen LogP contribution in [-0.2, 0) is 0 Å². The van der Waals surface area contributed by atoms with Gasteiger partial charge in [0, 0.05) is 24.0 Å². The molecule has 0 fully saturated rings. The van der Waals surface area contributed by atoms with Crippen molar-refractivity contribution in [2.24, 2.45) is 0 Å². The molecule has 162 valence electrons. The summed E-state index contributed by atoms with van der Waals surface area (Å²) in [6.45, 7) is 1.42. The summed E-state index contributed by atoms with van der Waals surface area (Å²) in [6, 6.07) is 9.96. The molecule has 0 spiro atoms. The van der Waals surface area contributed by atoms with Crippen molar-refractivity contribution in [3.63, 3.8) is 0 Å². The van der Waals surface area contributed by atoms with Gasteiger partial charge >= 0.3 is 0 Å². The fraction of sp³-hybridized carbons (Fsp3) is 0.136. The van der Waals surface area contributed by atoms with Crippen LogP contribution in [0.2, 0.25) is 5.02 Å². The summed E-state index contributed by atoms with van der Waals surface area (Å²) in [7, 11) is 0. The van der Waals surface area contributed by atoms with E-state index in [-0.39, 0.29) is 17.2 Å². The zero-order valence-corrected chi connectivity index (χ0v) is 17.7. The topological polar surface area (TPSA) is 106 Å². The molecule has 4 rings (SSSR count). The molecule has 1 atom stereocenters. The summed E-state index contributed by atoms with van der Waals surface area (Å²) in [4.78, 5) is 21.5. The van der Waals surface area contributed by atoms with Gasteiger partial charge in [0.2, 0.25) is 5.95 Å². The highest BCUT2D eigenvalue weighted by Gasteiger charge is 2.16. The zero-order chi connectivity index (χ0) is 22.7. The van der Waals surface area contributed by atoms with Crippen LogP contribution in [-0.4, -0.2) is 36.4 Å². The Balaban J connectivity index is 1.64. The number of rotatable bonds is 6. The van der Waals surface area contributed by atoms with E-state index in [4.69, 9.17) is 11.6 Å². The fourth-order valence-electron chi connectivity index (χ4n) is 3.21. The molecule has 2 N–H and O–H groups in total.